The van der Waals surface area contributed by atoms with E-state index in [1.165, 1.54) is 12.4 Å². The number of amides is 1. The Balaban J connectivity index is 1.70. The van der Waals surface area contributed by atoms with Gasteiger partial charge in [-0.1, -0.05) is 0 Å². The van der Waals surface area contributed by atoms with Gasteiger partial charge in [0.05, 0.1) is 46.0 Å². The second-order valence-corrected chi connectivity index (χ2v) is 7.62. The van der Waals surface area contributed by atoms with E-state index < -0.39 is 0 Å². The molecule has 3 aromatic heterocycles. The molecule has 31 heavy (non-hydrogen) atoms. The van der Waals surface area contributed by atoms with Crippen molar-refractivity contribution in [2.24, 2.45) is 5.73 Å². The number of nitriles is 2. The highest BCUT2D eigenvalue weighted by molar-refractivity contribution is 6.00. The molecule has 3 heterocycles. The molecule has 1 amide bonds. The molecule has 0 saturated heterocycles. The predicted molar refractivity (Wildman–Crippen MR) is 115 cm³/mol. The van der Waals surface area contributed by atoms with Crippen LogP contribution in [-0.2, 0) is 0 Å². The number of carbonyl (C=O) groups excluding carboxylic acids is 1. The van der Waals surface area contributed by atoms with Crippen molar-refractivity contribution < 1.29 is 4.79 Å². The molecule has 3 aromatic rings. The standard InChI is InChI=1S/C22H22N8O/c23-7-8-26-22(31)18-13-27-20(10-19(18)29-16-3-1-15(25)2-4-16)21-6-5-17-9-14(11-24)12-28-30(17)21/h5-6,9-10,12-13,15-16H,1-4,8,25H2,(H,26,31)(H,27,29). The molecule has 0 aromatic carbocycles. The Hall–Kier alpha value is -3.95. The molecule has 1 fully saturated rings. The first kappa shape index (κ1) is 20.3. The Morgan fingerprint density at radius 2 is 2.00 bits per heavy atom. The number of aromatic nitrogens is 3. The first-order valence-electron chi connectivity index (χ1n) is 10.1. The number of hydrogen-bond donors (Lipinski definition) is 3. The SMILES string of the molecule is N#CCNC(=O)c1cnc(-c2ccc3cc(C#N)cnn23)cc1NC1CCC(N)CC1. The summed E-state index contributed by atoms with van der Waals surface area (Å²) in [6.07, 6.45) is 6.72. The van der Waals surface area contributed by atoms with Crippen LogP contribution in [0.2, 0.25) is 0 Å². The first-order chi connectivity index (χ1) is 15.1. The molecule has 0 radical (unpaired) electrons. The molecule has 9 heteroatoms. The molecule has 0 bridgehead atoms. The summed E-state index contributed by atoms with van der Waals surface area (Å²) in [6, 6.07) is 11.8. The molecule has 9 nitrogen and oxygen atoms in total. The summed E-state index contributed by atoms with van der Waals surface area (Å²) in [7, 11) is 0. The van der Waals surface area contributed by atoms with Crippen molar-refractivity contribution in [3.63, 3.8) is 0 Å². The van der Waals surface area contributed by atoms with E-state index in [1.54, 1.807) is 10.6 Å². The lowest BCUT2D eigenvalue weighted by Crippen LogP contribution is -2.33. The summed E-state index contributed by atoms with van der Waals surface area (Å²) in [6.45, 7) is -0.0766. The molecule has 1 saturated carbocycles. The van der Waals surface area contributed by atoms with Crippen LogP contribution in [-0.4, -0.2) is 39.1 Å². The Morgan fingerprint density at radius 1 is 1.19 bits per heavy atom. The maximum Gasteiger partial charge on any atom is 0.255 e. The largest absolute Gasteiger partial charge is 0.382 e. The summed E-state index contributed by atoms with van der Waals surface area (Å²) in [5.74, 6) is -0.354. The van der Waals surface area contributed by atoms with Gasteiger partial charge < -0.3 is 16.4 Å². The highest BCUT2D eigenvalue weighted by Gasteiger charge is 2.22. The summed E-state index contributed by atoms with van der Waals surface area (Å²) in [4.78, 5) is 17.1. The zero-order chi connectivity index (χ0) is 21.8. The Bertz CT molecular complexity index is 1190. The van der Waals surface area contributed by atoms with Crippen LogP contribution in [0, 0.1) is 22.7 Å². The van der Waals surface area contributed by atoms with Gasteiger partial charge >= 0.3 is 0 Å². The van der Waals surface area contributed by atoms with E-state index >= 15 is 0 Å². The highest BCUT2D eigenvalue weighted by atomic mass is 16.1. The average Bonchev–Trinajstić information content (AvgIpc) is 3.22. The second kappa shape index (κ2) is 8.82. The van der Waals surface area contributed by atoms with Crippen LogP contribution in [0.4, 0.5) is 5.69 Å². The van der Waals surface area contributed by atoms with Gasteiger partial charge in [-0.15, -0.1) is 0 Å². The van der Waals surface area contributed by atoms with Crippen LogP contribution in [0.15, 0.2) is 36.7 Å². The maximum absolute atomic E-state index is 12.6. The van der Waals surface area contributed by atoms with Crippen molar-refractivity contribution in [3.8, 4) is 23.5 Å². The summed E-state index contributed by atoms with van der Waals surface area (Å²) in [5, 5.41) is 28.3. The van der Waals surface area contributed by atoms with Crippen LogP contribution in [0.5, 0.6) is 0 Å². The van der Waals surface area contributed by atoms with Gasteiger partial charge in [0.25, 0.3) is 5.91 Å². The number of carbonyl (C=O) groups is 1. The topological polar surface area (TPSA) is 145 Å². The van der Waals surface area contributed by atoms with Crippen molar-refractivity contribution in [3.05, 3.63) is 47.8 Å². The van der Waals surface area contributed by atoms with Gasteiger partial charge in [0, 0.05) is 18.3 Å². The molecule has 1 aliphatic rings. The van der Waals surface area contributed by atoms with E-state index in [0.717, 1.165) is 36.9 Å². The molecule has 4 N–H and O–H groups in total. The number of hydrogen-bond acceptors (Lipinski definition) is 7. The Kier molecular flexibility index (Phi) is 5.78. The molecule has 0 spiro atoms. The number of rotatable bonds is 5. The van der Waals surface area contributed by atoms with E-state index in [2.05, 4.69) is 26.8 Å². The van der Waals surface area contributed by atoms with Gasteiger partial charge in [-0.25, -0.2) is 4.52 Å². The minimum absolute atomic E-state index is 0.0766. The van der Waals surface area contributed by atoms with E-state index in [4.69, 9.17) is 16.3 Å². The second-order valence-electron chi connectivity index (χ2n) is 7.62. The van der Waals surface area contributed by atoms with Crippen LogP contribution >= 0.6 is 0 Å². The fourth-order valence-corrected chi connectivity index (χ4v) is 3.85. The van der Waals surface area contributed by atoms with Crippen molar-refractivity contribution in [2.45, 2.75) is 37.8 Å². The maximum atomic E-state index is 12.6. The molecular weight excluding hydrogens is 392 g/mol. The number of nitrogens with one attached hydrogen (secondary N) is 2. The lowest BCUT2D eigenvalue weighted by atomic mass is 9.91. The third-order valence-corrected chi connectivity index (χ3v) is 5.50. The lowest BCUT2D eigenvalue weighted by molar-refractivity contribution is 0.0959. The van der Waals surface area contributed by atoms with Gasteiger partial charge in [0.1, 0.15) is 12.6 Å². The molecule has 156 valence electrons. The number of fused-ring (bicyclic) bond motifs is 1. The van der Waals surface area contributed by atoms with Crippen LogP contribution < -0.4 is 16.4 Å². The summed E-state index contributed by atoms with van der Waals surface area (Å²) >= 11 is 0. The molecule has 0 aliphatic heterocycles. The quantitative estimate of drug-likeness (QED) is 0.543. The average molecular weight is 414 g/mol. The molecule has 0 unspecified atom stereocenters. The monoisotopic (exact) mass is 414 g/mol. The van der Waals surface area contributed by atoms with Crippen molar-refractivity contribution >= 4 is 17.1 Å². The Morgan fingerprint density at radius 3 is 2.74 bits per heavy atom. The molecular formula is C22H22N8O. The van der Waals surface area contributed by atoms with Gasteiger partial charge in [0.2, 0.25) is 0 Å². The van der Waals surface area contributed by atoms with Crippen molar-refractivity contribution in [1.29, 1.82) is 10.5 Å². The molecule has 1 aliphatic carbocycles. The molecule has 4 rings (SSSR count). The molecule has 0 atom stereocenters. The van der Waals surface area contributed by atoms with E-state index in [0.29, 0.717) is 22.5 Å². The van der Waals surface area contributed by atoms with E-state index in [9.17, 15) is 4.79 Å². The van der Waals surface area contributed by atoms with Gasteiger partial charge in [-0.05, 0) is 49.9 Å². The number of pyridine rings is 1. The van der Waals surface area contributed by atoms with E-state index in [1.807, 2.05) is 24.3 Å². The van der Waals surface area contributed by atoms with Crippen molar-refractivity contribution in [1.82, 2.24) is 19.9 Å². The van der Waals surface area contributed by atoms with Crippen LogP contribution in [0.1, 0.15) is 41.6 Å². The zero-order valence-electron chi connectivity index (χ0n) is 16.9. The first-order valence-corrected chi connectivity index (χ1v) is 10.1. The minimum atomic E-state index is -0.354. The third kappa shape index (κ3) is 4.32. The Labute approximate surface area is 179 Å². The summed E-state index contributed by atoms with van der Waals surface area (Å²) in [5.41, 5.74) is 9.71. The highest BCUT2D eigenvalue weighted by Crippen LogP contribution is 2.28. The normalized spacial score (nSPS) is 18.2. The van der Waals surface area contributed by atoms with Gasteiger partial charge in [-0.2, -0.15) is 15.6 Å². The predicted octanol–water partition coefficient (Wildman–Crippen LogP) is 2.20. The smallest absolute Gasteiger partial charge is 0.255 e. The zero-order valence-corrected chi connectivity index (χ0v) is 16.9. The fourth-order valence-electron chi connectivity index (χ4n) is 3.85. The third-order valence-electron chi connectivity index (χ3n) is 5.50. The van der Waals surface area contributed by atoms with Crippen LogP contribution in [0.3, 0.4) is 0 Å². The van der Waals surface area contributed by atoms with E-state index in [-0.39, 0.29) is 24.5 Å². The van der Waals surface area contributed by atoms with Gasteiger partial charge in [0.15, 0.2) is 0 Å². The number of anilines is 1. The lowest BCUT2D eigenvalue weighted by Gasteiger charge is -2.28. The number of nitrogens with two attached hydrogens (primary N) is 1. The van der Waals surface area contributed by atoms with Crippen molar-refractivity contribution in [2.75, 3.05) is 11.9 Å². The number of nitrogens with zero attached hydrogens (tertiary/aromatic N) is 5. The van der Waals surface area contributed by atoms with Gasteiger partial charge in [-0.3, -0.25) is 9.78 Å². The summed E-state index contributed by atoms with van der Waals surface area (Å²) < 4.78 is 1.71. The van der Waals surface area contributed by atoms with Crippen LogP contribution in [0.25, 0.3) is 16.9 Å². The fraction of sp³-hybridized carbons (Fsp3) is 0.318. The minimum Gasteiger partial charge on any atom is -0.382 e.